The van der Waals surface area contributed by atoms with Crippen molar-refractivity contribution in [3.05, 3.63) is 24.3 Å². The zero-order valence-corrected chi connectivity index (χ0v) is 11.9. The first-order chi connectivity index (χ1) is 9.43. The van der Waals surface area contributed by atoms with Gasteiger partial charge in [0.2, 0.25) is 0 Å². The molecule has 100 valence electrons. The van der Waals surface area contributed by atoms with Crippen molar-refractivity contribution in [2.75, 3.05) is 5.75 Å². The summed E-state index contributed by atoms with van der Waals surface area (Å²) in [4.78, 5) is 0. The van der Waals surface area contributed by atoms with Crippen LogP contribution in [0.3, 0.4) is 0 Å². The molecule has 0 bridgehead atoms. The molecule has 1 fully saturated rings. The molecule has 0 amide bonds. The first-order valence-electron chi connectivity index (χ1n) is 7.14. The second-order valence-corrected chi connectivity index (χ2v) is 6.34. The lowest BCUT2D eigenvalue weighted by Gasteiger charge is -2.20. The fourth-order valence-electron chi connectivity index (χ4n) is 2.81. The van der Waals surface area contributed by atoms with Crippen molar-refractivity contribution < 1.29 is 0 Å². The third kappa shape index (κ3) is 3.24. The smallest absolute Gasteiger partial charge is 0.130 e. The van der Waals surface area contributed by atoms with Crippen LogP contribution in [0.15, 0.2) is 29.3 Å². The van der Waals surface area contributed by atoms with E-state index in [-0.39, 0.29) is 0 Å². The Kier molecular flexibility index (Phi) is 4.28. The lowest BCUT2D eigenvalue weighted by molar-refractivity contribution is 0.351. The Morgan fingerprint density at radius 1 is 1.05 bits per heavy atom. The number of aromatic nitrogens is 3. The quantitative estimate of drug-likeness (QED) is 0.787. The fraction of sp³-hybridized carbons (Fsp3) is 0.533. The van der Waals surface area contributed by atoms with Crippen LogP contribution in [0.4, 0.5) is 0 Å². The van der Waals surface area contributed by atoms with Gasteiger partial charge in [-0.3, -0.25) is 0 Å². The summed E-state index contributed by atoms with van der Waals surface area (Å²) in [7, 11) is 0. The monoisotopic (exact) mass is 273 g/mol. The average Bonchev–Trinajstić information content (AvgIpc) is 2.49. The van der Waals surface area contributed by atoms with Gasteiger partial charge in [-0.1, -0.05) is 44.2 Å². The van der Waals surface area contributed by atoms with E-state index in [1.165, 1.54) is 38.5 Å². The SMILES string of the molecule is c1ccc2c(SCCC3CCCCC3)nnnc2c1. The molecule has 0 aliphatic heterocycles. The van der Waals surface area contributed by atoms with Crippen molar-refractivity contribution in [2.24, 2.45) is 5.92 Å². The van der Waals surface area contributed by atoms with Crippen molar-refractivity contribution in [2.45, 2.75) is 43.6 Å². The highest BCUT2D eigenvalue weighted by Crippen LogP contribution is 2.30. The Morgan fingerprint density at radius 3 is 2.79 bits per heavy atom. The number of fused-ring (bicyclic) bond motifs is 1. The van der Waals surface area contributed by atoms with Gasteiger partial charge in [-0.15, -0.1) is 22.0 Å². The molecule has 1 aromatic heterocycles. The topological polar surface area (TPSA) is 38.7 Å². The van der Waals surface area contributed by atoms with E-state index in [1.807, 2.05) is 30.0 Å². The molecule has 1 aliphatic rings. The summed E-state index contributed by atoms with van der Waals surface area (Å²) in [6.45, 7) is 0. The molecular weight excluding hydrogens is 254 g/mol. The number of hydrogen-bond acceptors (Lipinski definition) is 4. The predicted molar refractivity (Wildman–Crippen MR) is 79.2 cm³/mol. The van der Waals surface area contributed by atoms with Crippen molar-refractivity contribution >= 4 is 22.7 Å². The van der Waals surface area contributed by atoms with Crippen LogP contribution < -0.4 is 0 Å². The second-order valence-electron chi connectivity index (χ2n) is 5.25. The molecule has 19 heavy (non-hydrogen) atoms. The normalized spacial score (nSPS) is 16.8. The standard InChI is InChI=1S/C15H19N3S/c1-2-6-12(7-3-1)10-11-19-15-13-8-4-5-9-14(13)16-18-17-15/h4-5,8-9,12H,1-3,6-7,10-11H2. The average molecular weight is 273 g/mol. The van der Waals surface area contributed by atoms with E-state index in [9.17, 15) is 0 Å². The molecule has 0 unspecified atom stereocenters. The number of thioether (sulfide) groups is 1. The molecular formula is C15H19N3S. The zero-order chi connectivity index (χ0) is 12.9. The van der Waals surface area contributed by atoms with Gasteiger partial charge in [0.15, 0.2) is 0 Å². The second kappa shape index (κ2) is 6.33. The van der Waals surface area contributed by atoms with E-state index in [1.54, 1.807) is 0 Å². The van der Waals surface area contributed by atoms with Crippen LogP contribution in [0.5, 0.6) is 0 Å². The third-order valence-electron chi connectivity index (χ3n) is 3.91. The van der Waals surface area contributed by atoms with E-state index >= 15 is 0 Å². The highest BCUT2D eigenvalue weighted by molar-refractivity contribution is 7.99. The van der Waals surface area contributed by atoms with Gasteiger partial charge in [0.25, 0.3) is 0 Å². The van der Waals surface area contributed by atoms with E-state index in [0.29, 0.717) is 0 Å². The minimum atomic E-state index is 0.933. The first-order valence-corrected chi connectivity index (χ1v) is 8.13. The summed E-state index contributed by atoms with van der Waals surface area (Å²) in [6.07, 6.45) is 8.43. The molecule has 3 nitrogen and oxygen atoms in total. The Morgan fingerprint density at radius 2 is 1.89 bits per heavy atom. The Hall–Kier alpha value is -1.16. The van der Waals surface area contributed by atoms with Crippen LogP contribution in [0.2, 0.25) is 0 Å². The lowest BCUT2D eigenvalue weighted by atomic mass is 9.88. The van der Waals surface area contributed by atoms with E-state index in [0.717, 1.165) is 27.6 Å². The number of benzene rings is 1. The van der Waals surface area contributed by atoms with Crippen molar-refractivity contribution in [3.63, 3.8) is 0 Å². The summed E-state index contributed by atoms with van der Waals surface area (Å²) in [6, 6.07) is 8.11. The molecule has 1 saturated carbocycles. The highest BCUT2D eigenvalue weighted by Gasteiger charge is 2.13. The number of hydrogen-bond donors (Lipinski definition) is 0. The summed E-state index contributed by atoms with van der Waals surface area (Å²) in [5.41, 5.74) is 0.942. The number of nitrogens with zero attached hydrogens (tertiary/aromatic N) is 3. The summed E-state index contributed by atoms with van der Waals surface area (Å²) in [5.74, 6) is 2.08. The van der Waals surface area contributed by atoms with Crippen molar-refractivity contribution in [3.8, 4) is 0 Å². The predicted octanol–water partition coefficient (Wildman–Crippen LogP) is 4.09. The highest BCUT2D eigenvalue weighted by atomic mass is 32.2. The zero-order valence-electron chi connectivity index (χ0n) is 11.1. The summed E-state index contributed by atoms with van der Waals surface area (Å²) in [5, 5.41) is 14.3. The van der Waals surface area contributed by atoms with E-state index in [4.69, 9.17) is 0 Å². The molecule has 1 aliphatic carbocycles. The van der Waals surface area contributed by atoms with E-state index < -0.39 is 0 Å². The van der Waals surface area contributed by atoms with Crippen molar-refractivity contribution in [1.82, 2.24) is 15.4 Å². The largest absolute Gasteiger partial charge is 0.130 e. The van der Waals surface area contributed by atoms with Gasteiger partial charge in [0, 0.05) is 5.39 Å². The Bertz CT molecular complexity index is 532. The van der Waals surface area contributed by atoms with Crippen LogP contribution >= 0.6 is 11.8 Å². The Labute approximate surface area is 118 Å². The number of rotatable bonds is 4. The van der Waals surface area contributed by atoms with Gasteiger partial charge in [-0.25, -0.2) is 0 Å². The van der Waals surface area contributed by atoms with Crippen LogP contribution in [0.25, 0.3) is 10.9 Å². The molecule has 2 aromatic rings. The molecule has 1 heterocycles. The third-order valence-corrected chi connectivity index (χ3v) is 4.93. The summed E-state index contributed by atoms with van der Waals surface area (Å²) >= 11 is 1.83. The van der Waals surface area contributed by atoms with Gasteiger partial charge in [-0.05, 0) is 35.4 Å². The molecule has 4 heteroatoms. The first kappa shape index (κ1) is 12.9. The van der Waals surface area contributed by atoms with Gasteiger partial charge >= 0.3 is 0 Å². The van der Waals surface area contributed by atoms with Crippen LogP contribution in [-0.2, 0) is 0 Å². The lowest BCUT2D eigenvalue weighted by Crippen LogP contribution is -2.07. The molecule has 0 saturated heterocycles. The van der Waals surface area contributed by atoms with Crippen LogP contribution in [-0.4, -0.2) is 21.2 Å². The van der Waals surface area contributed by atoms with Crippen molar-refractivity contribution in [1.29, 1.82) is 0 Å². The molecule has 3 rings (SSSR count). The minimum absolute atomic E-state index is 0.933. The van der Waals surface area contributed by atoms with E-state index in [2.05, 4.69) is 21.5 Å². The maximum absolute atomic E-state index is 4.19. The Balaban J connectivity index is 1.62. The summed E-state index contributed by atoms with van der Waals surface area (Å²) < 4.78 is 0. The molecule has 0 atom stereocenters. The molecule has 0 N–H and O–H groups in total. The van der Waals surface area contributed by atoms with Gasteiger partial charge < -0.3 is 0 Å². The van der Waals surface area contributed by atoms with Crippen LogP contribution in [0, 0.1) is 5.92 Å². The molecule has 0 spiro atoms. The van der Waals surface area contributed by atoms with Gasteiger partial charge in [0.1, 0.15) is 5.03 Å². The van der Waals surface area contributed by atoms with Crippen LogP contribution in [0.1, 0.15) is 38.5 Å². The molecule has 0 radical (unpaired) electrons. The molecule has 1 aromatic carbocycles. The fourth-order valence-corrected chi connectivity index (χ4v) is 3.88. The maximum Gasteiger partial charge on any atom is 0.130 e. The minimum Gasteiger partial charge on any atom is -0.130 e. The maximum atomic E-state index is 4.19. The van der Waals surface area contributed by atoms with Gasteiger partial charge in [0.05, 0.1) is 5.52 Å². The van der Waals surface area contributed by atoms with Gasteiger partial charge in [-0.2, -0.15) is 0 Å².